The van der Waals surface area contributed by atoms with E-state index in [1.54, 1.807) is 0 Å². The molecule has 3 aromatic carbocycles. The van der Waals surface area contributed by atoms with E-state index in [4.69, 9.17) is 42.6 Å². The Morgan fingerprint density at radius 1 is 0.760 bits per heavy atom. The number of fused-ring (bicyclic) bond motifs is 2. The Balaban J connectivity index is 1.38. The zero-order chi connectivity index (χ0) is 34.9. The number of carbonyl (C=O) groups is 2. The van der Waals surface area contributed by atoms with Crippen LogP contribution in [0.1, 0.15) is 23.6 Å². The van der Waals surface area contributed by atoms with E-state index in [-0.39, 0.29) is 26.4 Å². The van der Waals surface area contributed by atoms with Gasteiger partial charge in [-0.25, -0.2) is 4.79 Å². The summed E-state index contributed by atoms with van der Waals surface area (Å²) >= 11 is 0. The van der Waals surface area contributed by atoms with Crippen molar-refractivity contribution in [2.75, 3.05) is 13.7 Å². The molecule has 3 fully saturated rings. The molecule has 3 aliphatic rings. The highest BCUT2D eigenvalue weighted by molar-refractivity contribution is 5.75. The number of azide groups is 1. The van der Waals surface area contributed by atoms with Gasteiger partial charge in [0.2, 0.25) is 0 Å². The molecule has 2 bridgehead atoms. The average molecular weight is 690 g/mol. The number of rotatable bonds is 14. The quantitative estimate of drug-likeness (QED) is 0.102. The third-order valence-corrected chi connectivity index (χ3v) is 8.60. The molecule has 3 aliphatic heterocycles. The van der Waals surface area contributed by atoms with E-state index in [9.17, 15) is 15.1 Å². The van der Waals surface area contributed by atoms with E-state index in [1.807, 2.05) is 91.0 Å². The monoisotopic (exact) mass is 689 g/mol. The predicted molar refractivity (Wildman–Crippen MR) is 174 cm³/mol. The second kappa shape index (κ2) is 17.0. The molecule has 50 heavy (non-hydrogen) atoms. The highest BCUT2D eigenvalue weighted by Crippen LogP contribution is 2.38. The summed E-state index contributed by atoms with van der Waals surface area (Å²) in [7, 11) is 1.25. The fourth-order valence-electron chi connectivity index (χ4n) is 6.25. The average Bonchev–Trinajstić information content (AvgIpc) is 3.59. The normalized spacial score (nSPS) is 30.2. The van der Waals surface area contributed by atoms with Crippen LogP contribution in [0.25, 0.3) is 10.4 Å². The van der Waals surface area contributed by atoms with Crippen LogP contribution in [0, 0.1) is 0 Å². The second-order valence-electron chi connectivity index (χ2n) is 12.0. The molecule has 264 valence electrons. The molecule has 10 atom stereocenters. The van der Waals surface area contributed by atoms with Crippen LogP contribution in [0.4, 0.5) is 0 Å². The molecule has 0 spiro atoms. The summed E-state index contributed by atoms with van der Waals surface area (Å²) in [4.78, 5) is 28.7. The zero-order valence-electron chi connectivity index (χ0n) is 27.6. The third kappa shape index (κ3) is 8.49. The molecule has 0 saturated carbocycles. The molecule has 0 amide bonds. The summed E-state index contributed by atoms with van der Waals surface area (Å²) in [5.74, 6) is -1.35. The van der Waals surface area contributed by atoms with Crippen LogP contribution in [0.5, 0.6) is 0 Å². The van der Waals surface area contributed by atoms with Crippen LogP contribution in [0.3, 0.4) is 0 Å². The van der Waals surface area contributed by atoms with Crippen molar-refractivity contribution in [1.82, 2.24) is 0 Å². The zero-order valence-corrected chi connectivity index (χ0v) is 27.6. The number of hydrogen-bond acceptors (Lipinski definition) is 12. The van der Waals surface area contributed by atoms with Gasteiger partial charge < -0.3 is 42.6 Å². The minimum Gasteiger partial charge on any atom is -0.467 e. The van der Waals surface area contributed by atoms with Gasteiger partial charge in [0.25, 0.3) is 0 Å². The Morgan fingerprint density at radius 2 is 1.30 bits per heavy atom. The largest absolute Gasteiger partial charge is 0.467 e. The second-order valence-corrected chi connectivity index (χ2v) is 12.0. The first kappa shape index (κ1) is 35.5. The van der Waals surface area contributed by atoms with Gasteiger partial charge in [-0.05, 0) is 22.2 Å². The Bertz CT molecular complexity index is 1590. The van der Waals surface area contributed by atoms with Gasteiger partial charge in [-0.3, -0.25) is 4.79 Å². The lowest BCUT2D eigenvalue weighted by molar-refractivity contribution is -0.343. The van der Waals surface area contributed by atoms with Gasteiger partial charge in [-0.15, -0.1) is 0 Å². The first-order chi connectivity index (χ1) is 24.4. The van der Waals surface area contributed by atoms with Gasteiger partial charge in [0.05, 0.1) is 33.5 Å². The summed E-state index contributed by atoms with van der Waals surface area (Å²) in [6.45, 7) is 1.69. The minimum absolute atomic E-state index is 0.0595. The molecule has 14 nitrogen and oxygen atoms in total. The molecule has 0 radical (unpaired) electrons. The fourth-order valence-corrected chi connectivity index (χ4v) is 6.25. The van der Waals surface area contributed by atoms with E-state index in [0.29, 0.717) is 0 Å². The van der Waals surface area contributed by atoms with Crippen molar-refractivity contribution in [1.29, 1.82) is 0 Å². The van der Waals surface area contributed by atoms with Gasteiger partial charge in [0.1, 0.15) is 42.7 Å². The minimum atomic E-state index is -1.33. The number of hydrogen-bond donors (Lipinski definition) is 0. The Morgan fingerprint density at radius 3 is 1.82 bits per heavy atom. The number of nitrogens with zero attached hydrogens (tertiary/aromatic N) is 3. The first-order valence-electron chi connectivity index (χ1n) is 16.3. The summed E-state index contributed by atoms with van der Waals surface area (Å²) in [6.07, 6.45) is -9.50. The molecule has 3 saturated heterocycles. The molecule has 0 aromatic heterocycles. The van der Waals surface area contributed by atoms with Gasteiger partial charge in [-0.1, -0.05) is 96.1 Å². The number of esters is 2. The maximum absolute atomic E-state index is 13.5. The molecule has 6 rings (SSSR count). The maximum Gasteiger partial charge on any atom is 0.337 e. The smallest absolute Gasteiger partial charge is 0.337 e. The van der Waals surface area contributed by atoms with Crippen LogP contribution < -0.4 is 0 Å². The number of benzene rings is 3. The van der Waals surface area contributed by atoms with Crippen molar-refractivity contribution >= 4 is 11.9 Å². The number of ether oxygens (including phenoxy) is 9. The molecule has 3 heterocycles. The predicted octanol–water partition coefficient (Wildman–Crippen LogP) is 4.39. The summed E-state index contributed by atoms with van der Waals surface area (Å²) < 4.78 is 55.2. The third-order valence-electron chi connectivity index (χ3n) is 8.60. The molecule has 0 N–H and O–H groups in total. The van der Waals surface area contributed by atoms with Crippen LogP contribution >= 0.6 is 0 Å². The molecule has 0 aliphatic carbocycles. The van der Waals surface area contributed by atoms with Gasteiger partial charge >= 0.3 is 11.9 Å². The Kier molecular flexibility index (Phi) is 12.1. The van der Waals surface area contributed by atoms with Crippen molar-refractivity contribution < 1.29 is 52.2 Å². The lowest BCUT2D eigenvalue weighted by Crippen LogP contribution is -2.65. The number of methoxy groups -OCH3 is 1. The van der Waals surface area contributed by atoms with Gasteiger partial charge in [0, 0.05) is 11.8 Å². The molecule has 0 unspecified atom stereocenters. The van der Waals surface area contributed by atoms with E-state index in [0.717, 1.165) is 16.7 Å². The van der Waals surface area contributed by atoms with E-state index in [2.05, 4.69) is 10.0 Å². The van der Waals surface area contributed by atoms with Crippen LogP contribution in [0.15, 0.2) is 96.1 Å². The van der Waals surface area contributed by atoms with Crippen LogP contribution in [0.2, 0.25) is 0 Å². The standard InChI is InChI=1S/C36H39N3O11/c1-22(40)47-29-27(38-39-37)35-46-21-26(48-35)28(29)49-36-33(45-20-25-16-10-5-11-17-25)31(44-19-24-14-8-4-9-15-24)30(32(50-36)34(41)42-2)43-18-23-12-6-3-7-13-23/h3-17,26-33,35-36H,18-21H2,1-2H3/t26-,27-,28-,29-,30+,31+,32+,33-,35-,36+/m1/s1. The molecule has 3 aromatic rings. The van der Waals surface area contributed by atoms with Crippen molar-refractivity contribution in [3.05, 3.63) is 118 Å². The summed E-state index contributed by atoms with van der Waals surface area (Å²) in [5, 5.41) is 3.82. The van der Waals surface area contributed by atoms with E-state index in [1.165, 1.54) is 14.0 Å². The lowest BCUT2D eigenvalue weighted by atomic mass is 9.96. The van der Waals surface area contributed by atoms with Crippen LogP contribution in [-0.2, 0) is 72.0 Å². The maximum atomic E-state index is 13.5. The molecular weight excluding hydrogens is 650 g/mol. The van der Waals surface area contributed by atoms with E-state index < -0.39 is 73.3 Å². The van der Waals surface area contributed by atoms with Crippen LogP contribution in [-0.4, -0.2) is 87.0 Å². The first-order valence-corrected chi connectivity index (χ1v) is 16.3. The molecule has 14 heteroatoms. The summed E-state index contributed by atoms with van der Waals surface area (Å²) in [6, 6.07) is 27.4. The fraction of sp³-hybridized carbons (Fsp3) is 0.444. The summed E-state index contributed by atoms with van der Waals surface area (Å²) in [5.41, 5.74) is 11.9. The van der Waals surface area contributed by atoms with Crippen molar-refractivity contribution in [2.24, 2.45) is 5.11 Å². The Labute approximate surface area is 289 Å². The molecular formula is C36H39N3O11. The lowest BCUT2D eigenvalue weighted by Gasteiger charge is -2.47. The number of carbonyl (C=O) groups excluding carboxylic acids is 2. The van der Waals surface area contributed by atoms with Gasteiger partial charge in [0.15, 0.2) is 18.7 Å². The topological polar surface area (TPSA) is 166 Å². The van der Waals surface area contributed by atoms with E-state index >= 15 is 0 Å². The van der Waals surface area contributed by atoms with Crippen molar-refractivity contribution in [2.45, 2.75) is 88.1 Å². The highest BCUT2D eigenvalue weighted by atomic mass is 16.8. The Hall–Kier alpha value is -4.37. The SMILES string of the molecule is COC(=O)[C@H]1O[C@H](O[C@H]2[C@H](OC(C)=O)[C@@H](N=[N+]=[N-])[C@@H]3OC[C@H]2O3)[C@H](OCc2ccccc2)[C@@H](OCc2ccccc2)[C@@H]1OCc1ccccc1. The van der Waals surface area contributed by atoms with Crippen molar-refractivity contribution in [3.63, 3.8) is 0 Å². The van der Waals surface area contributed by atoms with Gasteiger partial charge in [-0.2, -0.15) is 0 Å². The van der Waals surface area contributed by atoms with Crippen molar-refractivity contribution in [3.8, 4) is 0 Å². The highest BCUT2D eigenvalue weighted by Gasteiger charge is 2.57.